The maximum absolute atomic E-state index is 10.8. The van der Waals surface area contributed by atoms with E-state index in [1.165, 1.54) is 18.7 Å². The third-order valence-electron chi connectivity index (χ3n) is 4.59. The zero-order chi connectivity index (χ0) is 17.8. The SMILES string of the molecule is CSc1nc2c3c(cn(C4O[C@H](CO)[C@@H](O)C4(C)O)c3n1)N=CCN2. The van der Waals surface area contributed by atoms with Crippen LogP contribution in [0.25, 0.3) is 11.0 Å². The molecule has 4 heterocycles. The first-order valence-electron chi connectivity index (χ1n) is 7.87. The largest absolute Gasteiger partial charge is 0.394 e. The fraction of sp³-hybridized carbons (Fsp3) is 0.533. The van der Waals surface area contributed by atoms with Crippen molar-refractivity contribution in [3.05, 3.63) is 6.20 Å². The number of rotatable bonds is 3. The summed E-state index contributed by atoms with van der Waals surface area (Å²) < 4.78 is 7.38. The Morgan fingerprint density at radius 1 is 1.48 bits per heavy atom. The van der Waals surface area contributed by atoms with Crippen LogP contribution in [0.5, 0.6) is 0 Å². The molecule has 0 bridgehead atoms. The third kappa shape index (κ3) is 2.44. The zero-order valence-corrected chi connectivity index (χ0v) is 14.6. The van der Waals surface area contributed by atoms with Crippen molar-refractivity contribution >= 4 is 40.5 Å². The monoisotopic (exact) mass is 365 g/mol. The first kappa shape index (κ1) is 16.7. The average molecular weight is 365 g/mol. The van der Waals surface area contributed by atoms with E-state index < -0.39 is 30.6 Å². The van der Waals surface area contributed by atoms with Gasteiger partial charge in [0.25, 0.3) is 0 Å². The highest BCUT2D eigenvalue weighted by molar-refractivity contribution is 7.98. The van der Waals surface area contributed by atoms with Crippen molar-refractivity contribution in [2.24, 2.45) is 4.99 Å². The van der Waals surface area contributed by atoms with E-state index in [2.05, 4.69) is 20.3 Å². The second-order valence-corrected chi connectivity index (χ2v) is 7.03. The molecular formula is C15H19N5O4S. The summed E-state index contributed by atoms with van der Waals surface area (Å²) in [6, 6.07) is 0. The molecule has 2 aromatic heterocycles. The van der Waals surface area contributed by atoms with Gasteiger partial charge in [0.05, 0.1) is 24.2 Å². The highest BCUT2D eigenvalue weighted by atomic mass is 32.2. The van der Waals surface area contributed by atoms with Gasteiger partial charge >= 0.3 is 0 Å². The van der Waals surface area contributed by atoms with Gasteiger partial charge in [0, 0.05) is 12.4 Å². The maximum Gasteiger partial charge on any atom is 0.191 e. The number of aliphatic hydroxyl groups is 3. The Labute approximate surface area is 147 Å². The van der Waals surface area contributed by atoms with Gasteiger partial charge in [0.15, 0.2) is 17.0 Å². The molecule has 2 aliphatic heterocycles. The number of hydrogen-bond acceptors (Lipinski definition) is 9. The topological polar surface area (TPSA) is 125 Å². The van der Waals surface area contributed by atoms with Crippen LogP contribution in [0.1, 0.15) is 13.2 Å². The van der Waals surface area contributed by atoms with E-state index in [1.54, 1.807) is 17.0 Å². The van der Waals surface area contributed by atoms with Crippen LogP contribution in [0.2, 0.25) is 0 Å². The summed E-state index contributed by atoms with van der Waals surface area (Å²) in [4.78, 5) is 13.5. The van der Waals surface area contributed by atoms with Gasteiger partial charge in [-0.2, -0.15) is 0 Å². The summed E-state index contributed by atoms with van der Waals surface area (Å²) in [7, 11) is 0. The summed E-state index contributed by atoms with van der Waals surface area (Å²) in [6.07, 6.45) is 2.32. The lowest BCUT2D eigenvalue weighted by molar-refractivity contribution is -0.0948. The summed E-state index contributed by atoms with van der Waals surface area (Å²) >= 11 is 1.40. The summed E-state index contributed by atoms with van der Waals surface area (Å²) in [6.45, 7) is 1.64. The standard InChI is InChI=1S/C15H19N5O4S/c1-15(23)10(22)8(6-21)24-13(15)20-5-7-9-11(17-4-3-16-7)18-14(25-2)19-12(9)20/h3,5,8,10,13,21-23H,4,6H2,1-2H3,(H,17,18,19)/t8-,10-,13?,15?/m1/s1. The minimum Gasteiger partial charge on any atom is -0.394 e. The summed E-state index contributed by atoms with van der Waals surface area (Å²) in [5, 5.41) is 34.9. The smallest absolute Gasteiger partial charge is 0.191 e. The predicted molar refractivity (Wildman–Crippen MR) is 93.6 cm³/mol. The Bertz CT molecular complexity index is 852. The van der Waals surface area contributed by atoms with Crippen molar-refractivity contribution in [1.82, 2.24) is 14.5 Å². The molecule has 2 aliphatic rings. The Morgan fingerprint density at radius 2 is 2.28 bits per heavy atom. The first-order valence-corrected chi connectivity index (χ1v) is 9.09. The molecule has 1 saturated heterocycles. The number of hydrogen-bond donors (Lipinski definition) is 4. The molecule has 0 spiro atoms. The van der Waals surface area contributed by atoms with E-state index in [0.717, 1.165) is 5.39 Å². The molecule has 1 fully saturated rings. The molecular weight excluding hydrogens is 346 g/mol. The van der Waals surface area contributed by atoms with Crippen LogP contribution < -0.4 is 5.32 Å². The van der Waals surface area contributed by atoms with Crippen LogP contribution in [0, 0.1) is 0 Å². The number of ether oxygens (including phenoxy) is 1. The third-order valence-corrected chi connectivity index (χ3v) is 5.14. The lowest BCUT2D eigenvalue weighted by Crippen LogP contribution is -2.44. The molecule has 25 heavy (non-hydrogen) atoms. The molecule has 0 aromatic carbocycles. The molecule has 4 atom stereocenters. The molecule has 0 radical (unpaired) electrons. The number of nitrogens with zero attached hydrogens (tertiary/aromatic N) is 4. The van der Waals surface area contributed by atoms with Gasteiger partial charge in [-0.05, 0) is 13.2 Å². The van der Waals surface area contributed by atoms with Gasteiger partial charge in [-0.25, -0.2) is 9.97 Å². The van der Waals surface area contributed by atoms with Crippen molar-refractivity contribution in [3.8, 4) is 0 Å². The Morgan fingerprint density at radius 3 is 2.96 bits per heavy atom. The number of aliphatic hydroxyl groups excluding tert-OH is 2. The van der Waals surface area contributed by atoms with E-state index in [0.29, 0.717) is 28.9 Å². The number of thioether (sulfide) groups is 1. The second-order valence-electron chi connectivity index (χ2n) is 6.25. The van der Waals surface area contributed by atoms with E-state index in [1.807, 2.05) is 6.26 Å². The van der Waals surface area contributed by atoms with Gasteiger partial charge in [-0.15, -0.1) is 0 Å². The molecule has 134 valence electrons. The number of aliphatic imine (C=N–C) groups is 1. The van der Waals surface area contributed by atoms with Gasteiger partial charge in [0.2, 0.25) is 0 Å². The number of anilines is 1. The van der Waals surface area contributed by atoms with Crippen molar-refractivity contribution in [2.75, 3.05) is 24.7 Å². The van der Waals surface area contributed by atoms with E-state index in [9.17, 15) is 15.3 Å². The fourth-order valence-corrected chi connectivity index (χ4v) is 3.64. The molecule has 10 heteroatoms. The minimum atomic E-state index is -1.59. The summed E-state index contributed by atoms with van der Waals surface area (Å²) in [5.41, 5.74) is -0.390. The molecule has 2 aromatic rings. The normalized spacial score (nSPS) is 31.3. The van der Waals surface area contributed by atoms with Crippen molar-refractivity contribution in [1.29, 1.82) is 0 Å². The van der Waals surface area contributed by atoms with Gasteiger partial charge in [-0.3, -0.25) is 4.99 Å². The van der Waals surface area contributed by atoms with E-state index in [4.69, 9.17) is 4.74 Å². The molecule has 4 rings (SSSR count). The minimum absolute atomic E-state index is 0.393. The van der Waals surface area contributed by atoms with Crippen molar-refractivity contribution < 1.29 is 20.1 Å². The van der Waals surface area contributed by atoms with Crippen molar-refractivity contribution in [2.45, 2.75) is 36.1 Å². The molecule has 2 unspecified atom stereocenters. The Balaban J connectivity index is 1.93. The molecule has 4 N–H and O–H groups in total. The lowest BCUT2D eigenvalue weighted by Gasteiger charge is -2.27. The first-order chi connectivity index (χ1) is 12.0. The van der Waals surface area contributed by atoms with Crippen LogP contribution in [-0.4, -0.2) is 73.3 Å². The van der Waals surface area contributed by atoms with Crippen molar-refractivity contribution in [3.63, 3.8) is 0 Å². The number of aromatic nitrogens is 3. The molecule has 0 saturated carbocycles. The van der Waals surface area contributed by atoms with Gasteiger partial charge < -0.3 is 29.9 Å². The predicted octanol–water partition coefficient (Wildman–Crippen LogP) is 0.283. The fourth-order valence-electron chi connectivity index (χ4n) is 3.28. The zero-order valence-electron chi connectivity index (χ0n) is 13.7. The van der Waals surface area contributed by atoms with Gasteiger partial charge in [0.1, 0.15) is 23.6 Å². The molecule has 0 aliphatic carbocycles. The Kier molecular flexibility index (Phi) is 3.96. The van der Waals surface area contributed by atoms with Crippen LogP contribution in [-0.2, 0) is 4.74 Å². The van der Waals surface area contributed by atoms with Crippen LogP contribution in [0.3, 0.4) is 0 Å². The number of nitrogens with one attached hydrogen (secondary N) is 1. The lowest BCUT2D eigenvalue weighted by atomic mass is 9.96. The van der Waals surface area contributed by atoms with E-state index in [-0.39, 0.29) is 0 Å². The van der Waals surface area contributed by atoms with Crippen LogP contribution >= 0.6 is 11.8 Å². The van der Waals surface area contributed by atoms with E-state index >= 15 is 0 Å². The van der Waals surface area contributed by atoms with Crippen LogP contribution in [0.15, 0.2) is 16.3 Å². The van der Waals surface area contributed by atoms with Gasteiger partial charge in [-0.1, -0.05) is 11.8 Å². The quantitative estimate of drug-likeness (QED) is 0.452. The maximum atomic E-state index is 10.8. The second kappa shape index (κ2) is 5.92. The highest BCUT2D eigenvalue weighted by Gasteiger charge is 2.53. The summed E-state index contributed by atoms with van der Waals surface area (Å²) in [5.74, 6) is 0.664. The molecule has 9 nitrogen and oxygen atoms in total. The van der Waals surface area contributed by atoms with Crippen LogP contribution in [0.4, 0.5) is 11.5 Å². The highest BCUT2D eigenvalue weighted by Crippen LogP contribution is 2.43. The Hall–Kier alpha value is -1.72. The average Bonchev–Trinajstić information content (AvgIpc) is 2.96. The molecule has 0 amide bonds.